The third-order valence-electron chi connectivity index (χ3n) is 3.97. The van der Waals surface area contributed by atoms with E-state index in [9.17, 15) is 18.0 Å². The van der Waals surface area contributed by atoms with Crippen LogP contribution in [-0.4, -0.2) is 63.4 Å². The lowest BCUT2D eigenvalue weighted by Gasteiger charge is -2.32. The second kappa shape index (κ2) is 8.64. The second-order valence-electron chi connectivity index (χ2n) is 6.20. The van der Waals surface area contributed by atoms with Crippen molar-refractivity contribution in [1.82, 2.24) is 10.2 Å². The van der Waals surface area contributed by atoms with Crippen molar-refractivity contribution in [1.29, 1.82) is 0 Å². The normalized spacial score (nSPS) is 21.4. The number of nitrogens with one attached hydrogen (secondary N) is 1. The Balaban J connectivity index is 2.05. The van der Waals surface area contributed by atoms with Gasteiger partial charge in [0.25, 0.3) is 5.91 Å². The van der Waals surface area contributed by atoms with E-state index in [0.29, 0.717) is 32.8 Å². The average Bonchev–Trinajstić information content (AvgIpc) is 2.55. The van der Waals surface area contributed by atoms with Crippen molar-refractivity contribution in [2.24, 2.45) is 0 Å². The van der Waals surface area contributed by atoms with Crippen molar-refractivity contribution < 1.29 is 27.4 Å². The predicted octanol–water partition coefficient (Wildman–Crippen LogP) is 2.17. The largest absolute Gasteiger partial charge is 0.417 e. The van der Waals surface area contributed by atoms with Crippen molar-refractivity contribution >= 4 is 5.91 Å². The molecule has 0 spiro atoms. The molecule has 1 aliphatic heterocycles. The summed E-state index contributed by atoms with van der Waals surface area (Å²) in [6.45, 7) is 1.89. The van der Waals surface area contributed by atoms with Crippen LogP contribution in [0.3, 0.4) is 0 Å². The topological polar surface area (TPSA) is 50.8 Å². The summed E-state index contributed by atoms with van der Waals surface area (Å²) in [5, 5.41) is 2.68. The van der Waals surface area contributed by atoms with Gasteiger partial charge in [0.05, 0.1) is 30.4 Å². The van der Waals surface area contributed by atoms with Gasteiger partial charge < -0.3 is 19.7 Å². The maximum absolute atomic E-state index is 13.1. The zero-order valence-corrected chi connectivity index (χ0v) is 14.3. The van der Waals surface area contributed by atoms with Gasteiger partial charge in [-0.1, -0.05) is 12.1 Å². The SMILES string of the molecule is CN(C)CCO[C@@H]1COCC[C@H]1NC(=O)c1ccccc1C(F)(F)F. The maximum atomic E-state index is 13.1. The molecule has 1 aromatic carbocycles. The number of halogens is 3. The molecule has 0 saturated carbocycles. The Labute approximate surface area is 145 Å². The van der Waals surface area contributed by atoms with E-state index in [1.807, 2.05) is 19.0 Å². The van der Waals surface area contributed by atoms with E-state index >= 15 is 0 Å². The number of carbonyl (C=O) groups excluding carboxylic acids is 1. The van der Waals surface area contributed by atoms with E-state index in [-0.39, 0.29) is 17.7 Å². The van der Waals surface area contributed by atoms with Crippen molar-refractivity contribution in [3.63, 3.8) is 0 Å². The molecule has 1 fully saturated rings. The minimum atomic E-state index is -4.58. The van der Waals surface area contributed by atoms with Crippen molar-refractivity contribution in [2.75, 3.05) is 40.5 Å². The summed E-state index contributed by atoms with van der Waals surface area (Å²) in [6.07, 6.45) is -4.46. The smallest absolute Gasteiger partial charge is 0.379 e. The highest BCUT2D eigenvalue weighted by Crippen LogP contribution is 2.31. The van der Waals surface area contributed by atoms with Crippen LogP contribution in [0.4, 0.5) is 13.2 Å². The molecule has 1 aliphatic rings. The van der Waals surface area contributed by atoms with Crippen molar-refractivity contribution in [3.05, 3.63) is 35.4 Å². The highest BCUT2D eigenvalue weighted by molar-refractivity contribution is 5.96. The molecule has 1 amide bonds. The highest BCUT2D eigenvalue weighted by Gasteiger charge is 2.36. The number of hydrogen-bond acceptors (Lipinski definition) is 4. The molecule has 1 N–H and O–H groups in total. The summed E-state index contributed by atoms with van der Waals surface area (Å²) in [5.74, 6) is -0.749. The van der Waals surface area contributed by atoms with E-state index in [2.05, 4.69) is 5.32 Å². The molecule has 8 heteroatoms. The van der Waals surface area contributed by atoms with Crippen LogP contribution in [0.2, 0.25) is 0 Å². The molecule has 0 aromatic heterocycles. The van der Waals surface area contributed by atoms with Gasteiger partial charge in [-0.15, -0.1) is 0 Å². The minimum absolute atomic E-state index is 0.305. The fourth-order valence-corrected chi connectivity index (χ4v) is 2.60. The zero-order chi connectivity index (χ0) is 18.4. The molecular formula is C17H23F3N2O3. The number of amides is 1. The van der Waals surface area contributed by atoms with Gasteiger partial charge in [0.2, 0.25) is 0 Å². The van der Waals surface area contributed by atoms with E-state index in [1.165, 1.54) is 18.2 Å². The number of rotatable bonds is 6. The quantitative estimate of drug-likeness (QED) is 0.845. The summed E-state index contributed by atoms with van der Waals surface area (Å²) in [5.41, 5.74) is -1.32. The molecule has 1 heterocycles. The number of benzene rings is 1. The summed E-state index contributed by atoms with van der Waals surface area (Å²) in [4.78, 5) is 14.3. The fraction of sp³-hybridized carbons (Fsp3) is 0.588. The maximum Gasteiger partial charge on any atom is 0.417 e. The standard InChI is InChI=1S/C17H23F3N2O3/c1-22(2)8-10-25-15-11-24-9-7-14(15)21-16(23)12-5-3-4-6-13(12)17(18,19)20/h3-6,14-15H,7-11H2,1-2H3,(H,21,23)/t14-,15-/m1/s1. The van der Waals surface area contributed by atoms with Crippen LogP contribution in [0.1, 0.15) is 22.3 Å². The van der Waals surface area contributed by atoms with Gasteiger partial charge in [0, 0.05) is 13.2 Å². The molecule has 1 saturated heterocycles. The van der Waals surface area contributed by atoms with Crippen LogP contribution in [-0.2, 0) is 15.7 Å². The molecule has 0 aliphatic carbocycles. The third-order valence-corrected chi connectivity index (χ3v) is 3.97. The first-order valence-electron chi connectivity index (χ1n) is 8.10. The third kappa shape index (κ3) is 5.69. The van der Waals surface area contributed by atoms with Gasteiger partial charge in [-0.05, 0) is 32.6 Å². The molecule has 0 radical (unpaired) electrons. The lowest BCUT2D eigenvalue weighted by Crippen LogP contribution is -2.50. The first-order valence-corrected chi connectivity index (χ1v) is 8.10. The molecule has 140 valence electrons. The Kier molecular flexibility index (Phi) is 6.80. The van der Waals surface area contributed by atoms with Crippen LogP contribution in [0.5, 0.6) is 0 Å². The Morgan fingerprint density at radius 1 is 1.36 bits per heavy atom. The van der Waals surface area contributed by atoms with Crippen LogP contribution >= 0.6 is 0 Å². The van der Waals surface area contributed by atoms with Crippen molar-refractivity contribution in [3.8, 4) is 0 Å². The Bertz CT molecular complexity index is 579. The lowest BCUT2D eigenvalue weighted by atomic mass is 10.0. The highest BCUT2D eigenvalue weighted by atomic mass is 19.4. The van der Waals surface area contributed by atoms with Crippen molar-refractivity contribution in [2.45, 2.75) is 24.7 Å². The number of likely N-dealkylation sites (N-methyl/N-ethyl adjacent to an activating group) is 1. The van der Waals surface area contributed by atoms with E-state index < -0.39 is 17.6 Å². The molecular weight excluding hydrogens is 337 g/mol. The fourth-order valence-electron chi connectivity index (χ4n) is 2.60. The van der Waals surface area contributed by atoms with Gasteiger partial charge in [-0.25, -0.2) is 0 Å². The summed E-state index contributed by atoms with van der Waals surface area (Å²) in [7, 11) is 3.82. The number of ether oxygens (including phenoxy) is 2. The van der Waals surface area contributed by atoms with Crippen LogP contribution in [0.15, 0.2) is 24.3 Å². The number of nitrogens with zero attached hydrogens (tertiary/aromatic N) is 1. The Morgan fingerprint density at radius 3 is 2.76 bits per heavy atom. The predicted molar refractivity (Wildman–Crippen MR) is 86.4 cm³/mol. The molecule has 2 rings (SSSR count). The minimum Gasteiger partial charge on any atom is -0.379 e. The second-order valence-corrected chi connectivity index (χ2v) is 6.20. The summed E-state index contributed by atoms with van der Waals surface area (Å²) in [6, 6.07) is 4.38. The monoisotopic (exact) mass is 360 g/mol. The molecule has 1 aromatic rings. The van der Waals surface area contributed by atoms with Gasteiger partial charge >= 0.3 is 6.18 Å². The Hall–Kier alpha value is -1.64. The number of alkyl halides is 3. The van der Waals surface area contributed by atoms with Gasteiger partial charge in [-0.3, -0.25) is 4.79 Å². The van der Waals surface area contributed by atoms with Crippen LogP contribution in [0, 0.1) is 0 Å². The van der Waals surface area contributed by atoms with E-state index in [1.54, 1.807) is 0 Å². The van der Waals surface area contributed by atoms with E-state index in [4.69, 9.17) is 9.47 Å². The van der Waals surface area contributed by atoms with Crippen LogP contribution < -0.4 is 5.32 Å². The first kappa shape index (κ1) is 19.7. The zero-order valence-electron chi connectivity index (χ0n) is 14.3. The number of carbonyl (C=O) groups is 1. The lowest BCUT2D eigenvalue weighted by molar-refractivity contribution is -0.138. The molecule has 2 atom stereocenters. The summed E-state index contributed by atoms with van der Waals surface area (Å²) >= 11 is 0. The summed E-state index contributed by atoms with van der Waals surface area (Å²) < 4.78 is 50.3. The molecule has 0 unspecified atom stereocenters. The van der Waals surface area contributed by atoms with Gasteiger partial charge in [0.1, 0.15) is 6.10 Å². The van der Waals surface area contributed by atoms with E-state index in [0.717, 1.165) is 6.07 Å². The van der Waals surface area contributed by atoms with Gasteiger partial charge in [-0.2, -0.15) is 13.2 Å². The van der Waals surface area contributed by atoms with Crippen LogP contribution in [0.25, 0.3) is 0 Å². The molecule has 5 nitrogen and oxygen atoms in total. The average molecular weight is 360 g/mol. The van der Waals surface area contributed by atoms with Gasteiger partial charge in [0.15, 0.2) is 0 Å². The first-order chi connectivity index (χ1) is 11.8. The Morgan fingerprint density at radius 2 is 2.08 bits per heavy atom. The number of hydrogen-bond donors (Lipinski definition) is 1. The molecule has 0 bridgehead atoms. The molecule has 25 heavy (non-hydrogen) atoms.